The molecule has 0 bridgehead atoms. The first-order valence-corrected chi connectivity index (χ1v) is 10.4. The minimum atomic E-state index is 0.417. The van der Waals surface area contributed by atoms with E-state index in [4.69, 9.17) is 0 Å². The van der Waals surface area contributed by atoms with Gasteiger partial charge in [0.1, 0.15) is 5.82 Å². The van der Waals surface area contributed by atoms with Crippen molar-refractivity contribution in [2.75, 3.05) is 39.3 Å². The fraction of sp³-hybridized carbons (Fsp3) is 0.810. The highest BCUT2D eigenvalue weighted by Crippen LogP contribution is 2.28. The number of likely N-dealkylation sites (tertiary alicyclic amines) is 2. The standard InChI is InChI=1S/C21H36N4/c1-4-24-10-5-18(6-11-24)7-12-25-13-8-19(9-14-25)20-15-22-21(17(2)3)23-16-20/h15-19H,4-14H2,1-3H3. The molecule has 140 valence electrons. The second kappa shape index (κ2) is 9.09. The fourth-order valence-corrected chi connectivity index (χ4v) is 4.30. The molecule has 3 heterocycles. The van der Waals surface area contributed by atoms with Gasteiger partial charge in [0.25, 0.3) is 0 Å². The Kier molecular flexibility index (Phi) is 6.83. The predicted octanol–water partition coefficient (Wildman–Crippen LogP) is 3.90. The zero-order chi connectivity index (χ0) is 17.6. The highest BCUT2D eigenvalue weighted by atomic mass is 15.1. The number of piperidine rings is 2. The second-order valence-electron chi connectivity index (χ2n) is 8.31. The third kappa shape index (κ3) is 5.24. The highest BCUT2D eigenvalue weighted by Gasteiger charge is 2.23. The summed E-state index contributed by atoms with van der Waals surface area (Å²) in [7, 11) is 0. The molecule has 2 aliphatic heterocycles. The van der Waals surface area contributed by atoms with E-state index in [0.717, 1.165) is 11.7 Å². The van der Waals surface area contributed by atoms with E-state index in [1.165, 1.54) is 76.9 Å². The molecule has 0 radical (unpaired) electrons. The van der Waals surface area contributed by atoms with Gasteiger partial charge in [0.05, 0.1) is 0 Å². The van der Waals surface area contributed by atoms with Crippen LogP contribution in [0.5, 0.6) is 0 Å². The van der Waals surface area contributed by atoms with Gasteiger partial charge in [-0.2, -0.15) is 0 Å². The van der Waals surface area contributed by atoms with Crippen molar-refractivity contribution in [2.24, 2.45) is 5.92 Å². The van der Waals surface area contributed by atoms with Crippen LogP contribution >= 0.6 is 0 Å². The summed E-state index contributed by atoms with van der Waals surface area (Å²) in [6, 6.07) is 0. The summed E-state index contributed by atoms with van der Waals surface area (Å²) in [6.07, 6.45) is 10.9. The number of nitrogens with zero attached hydrogens (tertiary/aromatic N) is 4. The summed E-state index contributed by atoms with van der Waals surface area (Å²) < 4.78 is 0. The molecule has 3 rings (SSSR count). The molecule has 0 aliphatic carbocycles. The van der Waals surface area contributed by atoms with Crippen LogP contribution in [0.15, 0.2) is 12.4 Å². The normalized spacial score (nSPS) is 21.9. The Bertz CT molecular complexity index is 497. The van der Waals surface area contributed by atoms with Crippen LogP contribution in [0.25, 0.3) is 0 Å². The zero-order valence-corrected chi connectivity index (χ0v) is 16.5. The first-order valence-electron chi connectivity index (χ1n) is 10.4. The summed E-state index contributed by atoms with van der Waals surface area (Å²) in [4.78, 5) is 14.4. The van der Waals surface area contributed by atoms with E-state index in [-0.39, 0.29) is 0 Å². The molecule has 1 aromatic heterocycles. The van der Waals surface area contributed by atoms with E-state index >= 15 is 0 Å². The van der Waals surface area contributed by atoms with Crippen LogP contribution in [-0.4, -0.2) is 59.0 Å². The molecule has 4 nitrogen and oxygen atoms in total. The summed E-state index contributed by atoms with van der Waals surface area (Å²) in [5.41, 5.74) is 1.34. The molecule has 0 N–H and O–H groups in total. The van der Waals surface area contributed by atoms with Gasteiger partial charge in [0.15, 0.2) is 0 Å². The van der Waals surface area contributed by atoms with E-state index in [2.05, 4.69) is 52.9 Å². The molecule has 0 amide bonds. The van der Waals surface area contributed by atoms with E-state index in [9.17, 15) is 0 Å². The summed E-state index contributed by atoms with van der Waals surface area (Å²) in [5.74, 6) is 3.00. The van der Waals surface area contributed by atoms with Gasteiger partial charge in [-0.25, -0.2) is 9.97 Å². The largest absolute Gasteiger partial charge is 0.304 e. The maximum absolute atomic E-state index is 4.55. The van der Waals surface area contributed by atoms with E-state index in [1.54, 1.807) is 0 Å². The first-order chi connectivity index (χ1) is 12.2. The predicted molar refractivity (Wildman–Crippen MR) is 104 cm³/mol. The van der Waals surface area contributed by atoms with Crippen molar-refractivity contribution in [3.05, 3.63) is 23.8 Å². The van der Waals surface area contributed by atoms with Crippen LogP contribution in [0.1, 0.15) is 76.1 Å². The van der Waals surface area contributed by atoms with Crippen molar-refractivity contribution in [2.45, 2.75) is 64.7 Å². The SMILES string of the molecule is CCN1CCC(CCN2CCC(c3cnc(C(C)C)nc3)CC2)CC1. The lowest BCUT2D eigenvalue weighted by Gasteiger charge is -2.35. The molecule has 1 aromatic rings. The van der Waals surface area contributed by atoms with Crippen molar-refractivity contribution in [1.29, 1.82) is 0 Å². The summed E-state index contributed by atoms with van der Waals surface area (Å²) >= 11 is 0. The highest BCUT2D eigenvalue weighted by molar-refractivity contribution is 5.13. The van der Waals surface area contributed by atoms with Crippen LogP contribution in [-0.2, 0) is 0 Å². The van der Waals surface area contributed by atoms with Gasteiger partial charge in [0, 0.05) is 18.3 Å². The van der Waals surface area contributed by atoms with Crippen LogP contribution in [0.4, 0.5) is 0 Å². The molecule has 4 heteroatoms. The van der Waals surface area contributed by atoms with Gasteiger partial charge < -0.3 is 9.80 Å². The smallest absolute Gasteiger partial charge is 0.130 e. The van der Waals surface area contributed by atoms with Crippen molar-refractivity contribution in [1.82, 2.24) is 19.8 Å². The van der Waals surface area contributed by atoms with Crippen molar-refractivity contribution in [3.8, 4) is 0 Å². The van der Waals surface area contributed by atoms with Gasteiger partial charge in [-0.15, -0.1) is 0 Å². The molecule has 0 unspecified atom stereocenters. The zero-order valence-electron chi connectivity index (χ0n) is 16.5. The van der Waals surface area contributed by atoms with Crippen molar-refractivity contribution >= 4 is 0 Å². The van der Waals surface area contributed by atoms with Gasteiger partial charge in [-0.3, -0.25) is 0 Å². The van der Waals surface area contributed by atoms with Crippen LogP contribution in [0.2, 0.25) is 0 Å². The lowest BCUT2D eigenvalue weighted by atomic mass is 9.90. The third-order valence-electron chi connectivity index (χ3n) is 6.28. The maximum Gasteiger partial charge on any atom is 0.130 e. The molecule has 2 fully saturated rings. The summed E-state index contributed by atoms with van der Waals surface area (Å²) in [5, 5.41) is 0. The van der Waals surface area contributed by atoms with Crippen molar-refractivity contribution in [3.63, 3.8) is 0 Å². The van der Waals surface area contributed by atoms with Gasteiger partial charge in [-0.05, 0) is 88.8 Å². The minimum absolute atomic E-state index is 0.417. The third-order valence-corrected chi connectivity index (χ3v) is 6.28. The number of hydrogen-bond donors (Lipinski definition) is 0. The molecular weight excluding hydrogens is 308 g/mol. The monoisotopic (exact) mass is 344 g/mol. The molecule has 2 aliphatic rings. The molecule has 0 atom stereocenters. The Labute approximate surface area is 154 Å². The summed E-state index contributed by atoms with van der Waals surface area (Å²) in [6.45, 7) is 14.2. The van der Waals surface area contributed by atoms with Crippen LogP contribution in [0.3, 0.4) is 0 Å². The van der Waals surface area contributed by atoms with Crippen LogP contribution < -0.4 is 0 Å². The Morgan fingerprint density at radius 1 is 0.960 bits per heavy atom. The van der Waals surface area contributed by atoms with Gasteiger partial charge in [0.2, 0.25) is 0 Å². The van der Waals surface area contributed by atoms with E-state index in [0.29, 0.717) is 11.8 Å². The Morgan fingerprint density at radius 2 is 1.56 bits per heavy atom. The maximum atomic E-state index is 4.55. The number of aromatic nitrogens is 2. The Morgan fingerprint density at radius 3 is 2.12 bits per heavy atom. The molecule has 25 heavy (non-hydrogen) atoms. The quantitative estimate of drug-likeness (QED) is 0.783. The topological polar surface area (TPSA) is 32.3 Å². The minimum Gasteiger partial charge on any atom is -0.304 e. The van der Waals surface area contributed by atoms with Crippen LogP contribution in [0, 0.1) is 5.92 Å². The van der Waals surface area contributed by atoms with E-state index < -0.39 is 0 Å². The fourth-order valence-electron chi connectivity index (χ4n) is 4.30. The lowest BCUT2D eigenvalue weighted by molar-refractivity contribution is 0.156. The molecule has 0 aromatic carbocycles. The van der Waals surface area contributed by atoms with E-state index in [1.807, 2.05) is 0 Å². The molecular formula is C21H36N4. The number of hydrogen-bond acceptors (Lipinski definition) is 4. The van der Waals surface area contributed by atoms with Gasteiger partial charge >= 0.3 is 0 Å². The van der Waals surface area contributed by atoms with Gasteiger partial charge in [-0.1, -0.05) is 20.8 Å². The molecule has 0 saturated carbocycles. The number of rotatable bonds is 6. The Hall–Kier alpha value is -1.00. The molecule has 0 spiro atoms. The average Bonchev–Trinajstić information content (AvgIpc) is 2.67. The lowest BCUT2D eigenvalue weighted by Crippen LogP contribution is -2.37. The average molecular weight is 345 g/mol. The Balaban J connectivity index is 1.38. The molecule has 2 saturated heterocycles. The first kappa shape index (κ1) is 18.8. The van der Waals surface area contributed by atoms with Crippen molar-refractivity contribution < 1.29 is 0 Å². The second-order valence-corrected chi connectivity index (χ2v) is 8.31.